The number of methoxy groups -OCH3 is 1. The van der Waals surface area contributed by atoms with E-state index in [0.717, 1.165) is 12.0 Å². The van der Waals surface area contributed by atoms with Gasteiger partial charge in [-0.05, 0) is 24.1 Å². The van der Waals surface area contributed by atoms with Crippen molar-refractivity contribution < 1.29 is 19.4 Å². The van der Waals surface area contributed by atoms with E-state index in [1.54, 1.807) is 18.2 Å². The summed E-state index contributed by atoms with van der Waals surface area (Å²) in [7, 11) is -0.354. The van der Waals surface area contributed by atoms with Crippen molar-refractivity contribution in [3.05, 3.63) is 36.4 Å². The fraction of sp³-hybridized carbons (Fsp3) is 0.200. The van der Waals surface area contributed by atoms with Crippen LogP contribution in [0.5, 0.6) is 11.5 Å². The minimum Gasteiger partial charge on any atom is -0.509 e. The van der Waals surface area contributed by atoms with E-state index in [9.17, 15) is 0 Å². The fourth-order valence-corrected chi connectivity index (χ4v) is 1.22. The first-order valence-corrected chi connectivity index (χ1v) is 4.48. The number of rotatable bonds is 5. The summed E-state index contributed by atoms with van der Waals surface area (Å²) in [5.41, 5.74) is 1.02. The predicted octanol–water partition coefficient (Wildman–Crippen LogP) is 0.772. The Bertz CT molecular complexity index is 338. The lowest BCUT2D eigenvalue weighted by atomic mass is 10.1. The minimum atomic E-state index is -1.84. The molecule has 0 fully saturated rings. The molecule has 0 amide bonds. The molecule has 0 aliphatic heterocycles. The zero-order valence-corrected chi connectivity index (χ0v) is 8.51. The molecule has 0 saturated heterocycles. The van der Waals surface area contributed by atoms with Crippen LogP contribution in [0.15, 0.2) is 30.9 Å². The van der Waals surface area contributed by atoms with Crippen LogP contribution < -0.4 is 9.39 Å². The number of benzene rings is 1. The van der Waals surface area contributed by atoms with Crippen LogP contribution in [-0.4, -0.2) is 24.5 Å². The van der Waals surface area contributed by atoms with Crippen LogP contribution in [-0.2, 0) is 6.42 Å². The normalized spacial score (nSPS) is 9.53. The van der Waals surface area contributed by atoms with Gasteiger partial charge in [0.25, 0.3) is 0 Å². The van der Waals surface area contributed by atoms with Crippen molar-refractivity contribution in [2.75, 3.05) is 7.11 Å². The van der Waals surface area contributed by atoms with Crippen molar-refractivity contribution in [1.82, 2.24) is 0 Å². The highest BCUT2D eigenvalue weighted by Gasteiger charge is 2.14. The average molecular weight is 208 g/mol. The Morgan fingerprint density at radius 1 is 1.40 bits per heavy atom. The van der Waals surface area contributed by atoms with Crippen LogP contribution in [0.25, 0.3) is 0 Å². The van der Waals surface area contributed by atoms with Crippen molar-refractivity contribution in [1.29, 1.82) is 0 Å². The van der Waals surface area contributed by atoms with E-state index in [2.05, 4.69) is 6.58 Å². The molecule has 0 aliphatic carbocycles. The van der Waals surface area contributed by atoms with Crippen molar-refractivity contribution in [2.45, 2.75) is 6.42 Å². The van der Waals surface area contributed by atoms with Crippen molar-refractivity contribution in [3.63, 3.8) is 0 Å². The Balaban J connectivity index is 2.92. The van der Waals surface area contributed by atoms with Gasteiger partial charge in [-0.15, -0.1) is 6.58 Å². The summed E-state index contributed by atoms with van der Waals surface area (Å²) in [6.45, 7) is 3.63. The SMILES string of the molecule is C=CCc1ccc(OB(O)O)c(OC)c1. The van der Waals surface area contributed by atoms with Gasteiger partial charge in [0, 0.05) is 0 Å². The summed E-state index contributed by atoms with van der Waals surface area (Å²) in [5, 5.41) is 17.3. The van der Waals surface area contributed by atoms with Crippen molar-refractivity contribution >= 4 is 7.32 Å². The molecule has 80 valence electrons. The zero-order valence-electron chi connectivity index (χ0n) is 8.51. The minimum absolute atomic E-state index is 0.292. The van der Waals surface area contributed by atoms with Crippen LogP contribution in [0.4, 0.5) is 0 Å². The first-order valence-electron chi connectivity index (χ1n) is 4.48. The summed E-state index contributed by atoms with van der Waals surface area (Å²) in [6.07, 6.45) is 2.49. The molecule has 1 aromatic rings. The van der Waals surface area contributed by atoms with E-state index in [-0.39, 0.29) is 0 Å². The Morgan fingerprint density at radius 3 is 2.67 bits per heavy atom. The van der Waals surface area contributed by atoms with Crippen LogP contribution in [0.3, 0.4) is 0 Å². The average Bonchev–Trinajstić information content (AvgIpc) is 2.20. The quantitative estimate of drug-likeness (QED) is 0.554. The van der Waals surface area contributed by atoms with Crippen molar-refractivity contribution in [2.24, 2.45) is 0 Å². The van der Waals surface area contributed by atoms with E-state index in [1.165, 1.54) is 7.11 Å². The Labute approximate surface area is 88.9 Å². The zero-order chi connectivity index (χ0) is 11.3. The van der Waals surface area contributed by atoms with E-state index < -0.39 is 7.32 Å². The molecule has 0 aliphatic rings. The standard InChI is InChI=1S/C10H13BO4/c1-3-4-8-5-6-9(15-11(12)13)10(7-8)14-2/h3,5-7,12-13H,1,4H2,2H3. The van der Waals surface area contributed by atoms with Gasteiger partial charge in [0.15, 0.2) is 5.75 Å². The number of allylic oxidation sites excluding steroid dienone is 1. The second-order valence-corrected chi connectivity index (χ2v) is 2.92. The first-order chi connectivity index (χ1) is 7.17. The third-order valence-electron chi connectivity index (χ3n) is 1.84. The molecule has 2 N–H and O–H groups in total. The molecule has 0 saturated carbocycles. The molecule has 0 atom stereocenters. The summed E-state index contributed by atoms with van der Waals surface area (Å²) in [6, 6.07) is 5.19. The molecule has 1 rings (SSSR count). The van der Waals surface area contributed by atoms with Gasteiger partial charge in [-0.1, -0.05) is 12.1 Å². The third kappa shape index (κ3) is 3.30. The molecule has 0 aromatic heterocycles. The monoisotopic (exact) mass is 208 g/mol. The fourth-order valence-electron chi connectivity index (χ4n) is 1.22. The highest BCUT2D eigenvalue weighted by atomic mass is 16.6. The molecule has 0 radical (unpaired) electrons. The van der Waals surface area contributed by atoms with E-state index >= 15 is 0 Å². The lowest BCUT2D eigenvalue weighted by Gasteiger charge is -2.11. The highest BCUT2D eigenvalue weighted by Crippen LogP contribution is 2.28. The number of hydrogen-bond donors (Lipinski definition) is 2. The summed E-state index contributed by atoms with van der Waals surface area (Å²) >= 11 is 0. The van der Waals surface area contributed by atoms with E-state index in [1.807, 2.05) is 6.07 Å². The molecule has 1 aromatic carbocycles. The summed E-state index contributed by atoms with van der Waals surface area (Å²) < 4.78 is 9.78. The molecule has 0 heterocycles. The van der Waals surface area contributed by atoms with Crippen LogP contribution in [0.1, 0.15) is 5.56 Å². The molecular formula is C10H13BO4. The lowest BCUT2D eigenvalue weighted by Crippen LogP contribution is -2.20. The number of hydrogen-bond acceptors (Lipinski definition) is 4. The van der Waals surface area contributed by atoms with Crippen LogP contribution >= 0.6 is 0 Å². The van der Waals surface area contributed by atoms with Crippen LogP contribution in [0.2, 0.25) is 0 Å². The second kappa shape index (κ2) is 5.43. The molecule has 0 spiro atoms. The molecule has 5 heteroatoms. The Morgan fingerprint density at radius 2 is 2.13 bits per heavy atom. The van der Waals surface area contributed by atoms with Crippen LogP contribution in [0, 0.1) is 0 Å². The largest absolute Gasteiger partial charge is 0.707 e. The smallest absolute Gasteiger partial charge is 0.509 e. The van der Waals surface area contributed by atoms with Gasteiger partial charge in [0.1, 0.15) is 5.75 Å². The van der Waals surface area contributed by atoms with Gasteiger partial charge in [0.05, 0.1) is 7.11 Å². The highest BCUT2D eigenvalue weighted by molar-refractivity contribution is 6.33. The van der Waals surface area contributed by atoms with Gasteiger partial charge in [0.2, 0.25) is 0 Å². The van der Waals surface area contributed by atoms with Crippen molar-refractivity contribution in [3.8, 4) is 11.5 Å². The molecule has 0 bridgehead atoms. The molecular weight excluding hydrogens is 195 g/mol. The van der Waals surface area contributed by atoms with E-state index in [4.69, 9.17) is 19.4 Å². The second-order valence-electron chi connectivity index (χ2n) is 2.92. The summed E-state index contributed by atoms with van der Waals surface area (Å²) in [5.74, 6) is 0.753. The summed E-state index contributed by atoms with van der Waals surface area (Å²) in [4.78, 5) is 0. The predicted molar refractivity (Wildman–Crippen MR) is 57.7 cm³/mol. The first kappa shape index (κ1) is 11.6. The lowest BCUT2D eigenvalue weighted by molar-refractivity contribution is 0.279. The Kier molecular flexibility index (Phi) is 4.21. The van der Waals surface area contributed by atoms with Gasteiger partial charge in [-0.3, -0.25) is 0 Å². The molecule has 0 unspecified atom stereocenters. The third-order valence-corrected chi connectivity index (χ3v) is 1.84. The van der Waals surface area contributed by atoms with Gasteiger partial charge in [-0.2, -0.15) is 0 Å². The maximum absolute atomic E-state index is 8.66. The van der Waals surface area contributed by atoms with Gasteiger partial charge >= 0.3 is 7.32 Å². The van der Waals surface area contributed by atoms with E-state index in [0.29, 0.717) is 11.5 Å². The number of ether oxygens (including phenoxy) is 1. The molecule has 15 heavy (non-hydrogen) atoms. The van der Waals surface area contributed by atoms with Gasteiger partial charge < -0.3 is 19.4 Å². The van der Waals surface area contributed by atoms with Gasteiger partial charge in [-0.25, -0.2) is 0 Å². The maximum Gasteiger partial charge on any atom is 0.707 e. The Hall–Kier alpha value is -1.46. The topological polar surface area (TPSA) is 58.9 Å². The molecule has 4 nitrogen and oxygen atoms in total. The maximum atomic E-state index is 8.66.